The van der Waals surface area contributed by atoms with E-state index in [1.807, 2.05) is 6.92 Å². The van der Waals surface area contributed by atoms with Crippen LogP contribution in [0.25, 0.3) is 0 Å². The molecule has 0 radical (unpaired) electrons. The summed E-state index contributed by atoms with van der Waals surface area (Å²) in [6.45, 7) is 3.64. The van der Waals surface area contributed by atoms with E-state index in [1.54, 1.807) is 0 Å². The molecule has 0 aromatic heterocycles. The minimum absolute atomic E-state index is 0. The quantitative estimate of drug-likeness (QED) is 0.768. The van der Waals surface area contributed by atoms with Crippen molar-refractivity contribution in [2.24, 2.45) is 11.7 Å². The van der Waals surface area contributed by atoms with Gasteiger partial charge >= 0.3 is 0 Å². The van der Waals surface area contributed by atoms with Crippen molar-refractivity contribution in [1.82, 2.24) is 0 Å². The topological polar surface area (TPSA) is 35.2 Å². The number of halogens is 1. The van der Waals surface area contributed by atoms with Gasteiger partial charge in [-0.3, -0.25) is 0 Å². The molecule has 2 N–H and O–H groups in total. The molecule has 1 atom stereocenters. The summed E-state index contributed by atoms with van der Waals surface area (Å²) in [5.41, 5.74) is 5.58. The van der Waals surface area contributed by atoms with E-state index in [0.29, 0.717) is 0 Å². The van der Waals surface area contributed by atoms with Crippen LogP contribution in [0.1, 0.15) is 39.0 Å². The lowest BCUT2D eigenvalue weighted by Gasteiger charge is -2.21. The average molecular weight is 208 g/mol. The monoisotopic (exact) mass is 207 g/mol. The Morgan fingerprint density at radius 1 is 1.31 bits per heavy atom. The number of nitrogens with two attached hydrogens (primary N) is 1. The van der Waals surface area contributed by atoms with E-state index in [0.717, 1.165) is 19.1 Å². The molecule has 0 bridgehead atoms. The van der Waals surface area contributed by atoms with Gasteiger partial charge in [-0.2, -0.15) is 0 Å². The second kappa shape index (κ2) is 7.60. The van der Waals surface area contributed by atoms with E-state index in [-0.39, 0.29) is 18.4 Å². The first-order valence-corrected chi connectivity index (χ1v) is 5.12. The smallest absolute Gasteiger partial charge is 0.0614 e. The van der Waals surface area contributed by atoms with E-state index < -0.39 is 0 Å². The highest BCUT2D eigenvalue weighted by Crippen LogP contribution is 2.23. The second-order valence-corrected chi connectivity index (χ2v) is 4.02. The molecule has 0 saturated heterocycles. The Morgan fingerprint density at radius 2 is 1.92 bits per heavy atom. The van der Waals surface area contributed by atoms with Gasteiger partial charge in [-0.1, -0.05) is 19.3 Å². The van der Waals surface area contributed by atoms with Crippen LogP contribution in [0.5, 0.6) is 0 Å². The highest BCUT2D eigenvalue weighted by atomic mass is 35.5. The van der Waals surface area contributed by atoms with Gasteiger partial charge in [0.1, 0.15) is 0 Å². The molecular formula is C10H22ClNO. The Balaban J connectivity index is 0.00000144. The zero-order valence-electron chi connectivity index (χ0n) is 8.50. The summed E-state index contributed by atoms with van der Waals surface area (Å²) in [5, 5.41) is 0. The summed E-state index contributed by atoms with van der Waals surface area (Å²) >= 11 is 0. The van der Waals surface area contributed by atoms with E-state index in [2.05, 4.69) is 0 Å². The van der Waals surface area contributed by atoms with Crippen LogP contribution in [0.2, 0.25) is 0 Å². The molecule has 0 aromatic rings. The van der Waals surface area contributed by atoms with Gasteiger partial charge in [0, 0.05) is 12.6 Å². The molecule has 3 heteroatoms. The Labute approximate surface area is 87.6 Å². The minimum atomic E-state index is 0. The largest absolute Gasteiger partial charge is 0.380 e. The zero-order chi connectivity index (χ0) is 8.81. The molecule has 1 aliphatic carbocycles. The molecule has 0 aromatic carbocycles. The zero-order valence-corrected chi connectivity index (χ0v) is 9.31. The number of rotatable bonds is 4. The molecular weight excluding hydrogens is 186 g/mol. The molecule has 1 aliphatic rings. The predicted octanol–water partition coefficient (Wildman–Crippen LogP) is 2.35. The van der Waals surface area contributed by atoms with Crippen molar-refractivity contribution in [3.8, 4) is 0 Å². The van der Waals surface area contributed by atoms with E-state index in [9.17, 15) is 0 Å². The number of ether oxygens (including phenoxy) is 1. The third-order valence-corrected chi connectivity index (χ3v) is 2.46. The van der Waals surface area contributed by atoms with Crippen molar-refractivity contribution in [3.05, 3.63) is 0 Å². The van der Waals surface area contributed by atoms with Gasteiger partial charge in [-0.25, -0.2) is 0 Å². The van der Waals surface area contributed by atoms with Crippen LogP contribution in [0.15, 0.2) is 0 Å². The van der Waals surface area contributed by atoms with Crippen molar-refractivity contribution in [3.63, 3.8) is 0 Å². The van der Waals surface area contributed by atoms with Crippen LogP contribution in [0.4, 0.5) is 0 Å². The van der Waals surface area contributed by atoms with Crippen molar-refractivity contribution >= 4 is 12.4 Å². The maximum Gasteiger partial charge on any atom is 0.0614 e. The van der Waals surface area contributed by atoms with Crippen molar-refractivity contribution < 1.29 is 4.74 Å². The predicted molar refractivity (Wildman–Crippen MR) is 58.3 cm³/mol. The van der Waals surface area contributed by atoms with Crippen LogP contribution in [-0.4, -0.2) is 19.3 Å². The number of hydrogen-bond donors (Lipinski definition) is 1. The molecule has 2 nitrogen and oxygen atoms in total. The first kappa shape index (κ1) is 13.2. The Morgan fingerprint density at radius 3 is 2.46 bits per heavy atom. The summed E-state index contributed by atoms with van der Waals surface area (Å²) in [7, 11) is 0. The lowest BCUT2D eigenvalue weighted by Crippen LogP contribution is -2.24. The van der Waals surface area contributed by atoms with Crippen molar-refractivity contribution in [2.45, 2.75) is 45.1 Å². The van der Waals surface area contributed by atoms with Gasteiger partial charge in [0.2, 0.25) is 0 Å². The van der Waals surface area contributed by atoms with E-state index in [4.69, 9.17) is 10.5 Å². The summed E-state index contributed by atoms with van der Waals surface area (Å²) in [6, 6.07) is 0.189. The summed E-state index contributed by atoms with van der Waals surface area (Å²) in [6.07, 6.45) is 6.93. The first-order valence-electron chi connectivity index (χ1n) is 5.12. The highest BCUT2D eigenvalue weighted by molar-refractivity contribution is 5.85. The molecule has 1 saturated carbocycles. The summed E-state index contributed by atoms with van der Waals surface area (Å²) in [5.74, 6) is 0.817. The van der Waals surface area contributed by atoms with E-state index in [1.165, 1.54) is 32.1 Å². The van der Waals surface area contributed by atoms with Crippen LogP contribution >= 0.6 is 12.4 Å². The molecule has 0 heterocycles. The Kier molecular flexibility index (Phi) is 7.72. The molecule has 1 unspecified atom stereocenters. The van der Waals surface area contributed by atoms with Crippen LogP contribution in [0.3, 0.4) is 0 Å². The highest BCUT2D eigenvalue weighted by Gasteiger charge is 2.13. The SMILES string of the molecule is CC(N)COCC1CCCCC1.Cl. The summed E-state index contributed by atoms with van der Waals surface area (Å²) < 4.78 is 5.51. The molecule has 80 valence electrons. The Bertz CT molecular complexity index is 113. The van der Waals surface area contributed by atoms with Gasteiger partial charge in [-0.15, -0.1) is 12.4 Å². The minimum Gasteiger partial charge on any atom is -0.380 e. The first-order chi connectivity index (χ1) is 5.79. The van der Waals surface area contributed by atoms with Crippen LogP contribution in [-0.2, 0) is 4.74 Å². The molecule has 13 heavy (non-hydrogen) atoms. The third kappa shape index (κ3) is 6.30. The maximum atomic E-state index is 5.58. The fourth-order valence-corrected chi connectivity index (χ4v) is 1.77. The second-order valence-electron chi connectivity index (χ2n) is 4.02. The fraction of sp³-hybridized carbons (Fsp3) is 1.00. The molecule has 0 amide bonds. The lowest BCUT2D eigenvalue weighted by atomic mass is 9.90. The van der Waals surface area contributed by atoms with Gasteiger partial charge in [0.15, 0.2) is 0 Å². The molecule has 1 fully saturated rings. The summed E-state index contributed by atoms with van der Waals surface area (Å²) in [4.78, 5) is 0. The third-order valence-electron chi connectivity index (χ3n) is 2.46. The normalized spacial score (nSPS) is 20.8. The van der Waals surface area contributed by atoms with Crippen LogP contribution in [0, 0.1) is 5.92 Å². The van der Waals surface area contributed by atoms with Gasteiger partial charge in [0.25, 0.3) is 0 Å². The Hall–Kier alpha value is 0.210. The van der Waals surface area contributed by atoms with E-state index >= 15 is 0 Å². The van der Waals surface area contributed by atoms with Gasteiger partial charge in [0.05, 0.1) is 6.61 Å². The fourth-order valence-electron chi connectivity index (χ4n) is 1.77. The molecule has 1 rings (SSSR count). The van der Waals surface area contributed by atoms with Crippen molar-refractivity contribution in [2.75, 3.05) is 13.2 Å². The van der Waals surface area contributed by atoms with Gasteiger partial charge < -0.3 is 10.5 Å². The van der Waals surface area contributed by atoms with Crippen molar-refractivity contribution in [1.29, 1.82) is 0 Å². The van der Waals surface area contributed by atoms with Crippen LogP contribution < -0.4 is 5.73 Å². The number of hydrogen-bond acceptors (Lipinski definition) is 2. The maximum absolute atomic E-state index is 5.58. The average Bonchev–Trinajstić information content (AvgIpc) is 2.05. The lowest BCUT2D eigenvalue weighted by molar-refractivity contribution is 0.0785. The standard InChI is InChI=1S/C10H21NO.ClH/c1-9(11)7-12-8-10-5-3-2-4-6-10;/h9-10H,2-8,11H2,1H3;1H. The van der Waals surface area contributed by atoms with Gasteiger partial charge in [-0.05, 0) is 25.7 Å². The molecule has 0 aliphatic heterocycles. The molecule has 0 spiro atoms.